The second-order valence-electron chi connectivity index (χ2n) is 5.87. The van der Waals surface area contributed by atoms with Crippen LogP contribution >= 0.6 is 11.8 Å². The second-order valence-corrected chi connectivity index (χ2v) is 7.14. The number of imide groups is 1. The van der Waals surface area contributed by atoms with Gasteiger partial charge in [0.2, 0.25) is 6.41 Å². The summed E-state index contributed by atoms with van der Waals surface area (Å²) < 4.78 is 0. The van der Waals surface area contributed by atoms with Crippen LogP contribution in [0, 0.1) is 0 Å². The summed E-state index contributed by atoms with van der Waals surface area (Å²) in [5, 5.41) is 6.96. The minimum absolute atomic E-state index is 0.0873. The van der Waals surface area contributed by atoms with E-state index in [9.17, 15) is 19.2 Å². The molecule has 148 valence electrons. The minimum atomic E-state index is -0.562. The van der Waals surface area contributed by atoms with Crippen LogP contribution in [0.4, 0.5) is 0 Å². The van der Waals surface area contributed by atoms with Crippen molar-refractivity contribution in [1.29, 1.82) is 0 Å². The Balaban J connectivity index is 0.00000163. The number of hydrogen-bond donors (Lipinski definition) is 2. The van der Waals surface area contributed by atoms with Crippen molar-refractivity contribution in [3.63, 3.8) is 0 Å². The first-order valence-corrected chi connectivity index (χ1v) is 10.2. The number of nitrogens with zero attached hydrogens (tertiary/aromatic N) is 1. The van der Waals surface area contributed by atoms with E-state index in [1.54, 1.807) is 0 Å². The molecule has 0 aliphatic carbocycles. The van der Waals surface area contributed by atoms with E-state index >= 15 is 0 Å². The highest BCUT2D eigenvalue weighted by Crippen LogP contribution is 2.31. The number of carbonyl (C=O) groups is 4. The molecule has 3 amide bonds. The molecule has 2 heterocycles. The predicted octanol–water partition coefficient (Wildman–Crippen LogP) is 0.998. The van der Waals surface area contributed by atoms with Crippen molar-refractivity contribution in [3.05, 3.63) is 0 Å². The zero-order chi connectivity index (χ0) is 19.5. The quantitative estimate of drug-likeness (QED) is 0.345. The van der Waals surface area contributed by atoms with Crippen LogP contribution in [0.15, 0.2) is 0 Å². The highest BCUT2D eigenvalue weighted by molar-refractivity contribution is 8.00. The Hall–Kier alpha value is -1.61. The first kappa shape index (κ1) is 22.4. The van der Waals surface area contributed by atoms with E-state index in [0.717, 1.165) is 25.0 Å². The van der Waals surface area contributed by atoms with Crippen LogP contribution in [0.1, 0.15) is 52.4 Å². The van der Waals surface area contributed by atoms with Crippen molar-refractivity contribution >= 4 is 36.0 Å². The molecule has 8 nitrogen and oxygen atoms in total. The van der Waals surface area contributed by atoms with E-state index < -0.39 is 17.8 Å². The highest BCUT2D eigenvalue weighted by atomic mass is 32.2. The Kier molecular flexibility index (Phi) is 10.3. The van der Waals surface area contributed by atoms with E-state index in [1.807, 2.05) is 32.7 Å². The molecule has 0 bridgehead atoms. The zero-order valence-electron chi connectivity index (χ0n) is 15.7. The van der Waals surface area contributed by atoms with Gasteiger partial charge in [-0.25, -0.2) is 4.79 Å². The molecule has 2 saturated heterocycles. The first-order valence-electron chi connectivity index (χ1n) is 9.12. The van der Waals surface area contributed by atoms with Crippen molar-refractivity contribution in [2.24, 2.45) is 0 Å². The second kappa shape index (κ2) is 11.9. The highest BCUT2D eigenvalue weighted by Gasteiger charge is 2.35. The van der Waals surface area contributed by atoms with Crippen LogP contribution in [0.2, 0.25) is 0 Å². The molecular formula is C17H29N3O5S. The number of rotatable bonds is 9. The molecule has 2 rings (SSSR count). The molecule has 2 fully saturated rings. The molecule has 0 aromatic heterocycles. The normalized spacial score (nSPS) is 24.9. The Morgan fingerprint density at radius 2 is 1.92 bits per heavy atom. The molecule has 26 heavy (non-hydrogen) atoms. The monoisotopic (exact) mass is 387 g/mol. The van der Waals surface area contributed by atoms with E-state index in [2.05, 4.69) is 10.6 Å². The van der Waals surface area contributed by atoms with Gasteiger partial charge in [0.15, 0.2) is 0 Å². The molecule has 9 heteroatoms. The number of hydrogen-bond acceptors (Lipinski definition) is 7. The summed E-state index contributed by atoms with van der Waals surface area (Å²) in [4.78, 5) is 50.0. The van der Waals surface area contributed by atoms with Crippen molar-refractivity contribution < 1.29 is 24.0 Å². The van der Waals surface area contributed by atoms with E-state index in [1.165, 1.54) is 0 Å². The summed E-state index contributed by atoms with van der Waals surface area (Å²) in [5.74, 6) is -0.546. The summed E-state index contributed by atoms with van der Waals surface area (Å²) in [7, 11) is 1.88. The predicted molar refractivity (Wildman–Crippen MR) is 99.1 cm³/mol. The maximum absolute atomic E-state index is 11.7. The molecule has 0 saturated carbocycles. The maximum atomic E-state index is 11.7. The van der Waals surface area contributed by atoms with Crippen molar-refractivity contribution in [2.75, 3.05) is 12.8 Å². The summed E-state index contributed by atoms with van der Waals surface area (Å²) in [5.41, 5.74) is 0. The van der Waals surface area contributed by atoms with E-state index in [4.69, 9.17) is 4.84 Å². The summed E-state index contributed by atoms with van der Waals surface area (Å²) in [6.07, 6.45) is 3.39. The van der Waals surface area contributed by atoms with Crippen LogP contribution < -0.4 is 10.6 Å². The van der Waals surface area contributed by atoms with Crippen LogP contribution in [0.5, 0.6) is 0 Å². The third-order valence-electron chi connectivity index (χ3n) is 4.27. The molecule has 0 spiro atoms. The Morgan fingerprint density at radius 3 is 2.50 bits per heavy atom. The number of likely N-dealkylation sites (N-methyl/N-ethyl adjacent to an activating group) is 1. The van der Waals surface area contributed by atoms with Crippen LogP contribution in [-0.2, 0) is 24.0 Å². The summed E-state index contributed by atoms with van der Waals surface area (Å²) in [6.45, 7) is 4.00. The van der Waals surface area contributed by atoms with Gasteiger partial charge in [-0.1, -0.05) is 20.3 Å². The minimum Gasteiger partial charge on any atom is -0.353 e. The van der Waals surface area contributed by atoms with Gasteiger partial charge < -0.3 is 15.5 Å². The lowest BCUT2D eigenvalue weighted by atomic mass is 10.0. The third kappa shape index (κ3) is 6.28. The lowest BCUT2D eigenvalue weighted by Gasteiger charge is -2.22. The van der Waals surface area contributed by atoms with Crippen LogP contribution in [0.25, 0.3) is 0 Å². The molecule has 2 aliphatic rings. The lowest BCUT2D eigenvalue weighted by molar-refractivity contribution is -0.197. The van der Waals surface area contributed by atoms with Gasteiger partial charge in [0, 0.05) is 36.3 Å². The molecule has 2 aliphatic heterocycles. The van der Waals surface area contributed by atoms with Gasteiger partial charge >= 0.3 is 5.97 Å². The standard InChI is InChI=1S/C15H23N3O5S.C2H6/c1-16-10-8-24-11(15(10)17-9-19)4-2-3-5-14(22)23-18-12(20)6-7-13(18)21;1-2/h9-11,15-16H,2-8H2,1H3,(H,17,19);1-2H3. The number of hydroxylamine groups is 2. The van der Waals surface area contributed by atoms with Gasteiger partial charge in [-0.05, 0) is 19.9 Å². The fourth-order valence-corrected chi connectivity index (χ4v) is 4.58. The van der Waals surface area contributed by atoms with Gasteiger partial charge in [-0.15, -0.1) is 5.06 Å². The van der Waals surface area contributed by atoms with Gasteiger partial charge in [0.1, 0.15) is 0 Å². The molecule has 0 aromatic rings. The summed E-state index contributed by atoms with van der Waals surface area (Å²) in [6, 6.07) is 0.339. The van der Waals surface area contributed by atoms with Crippen LogP contribution in [-0.4, -0.2) is 59.4 Å². The number of unbranched alkanes of at least 4 members (excludes halogenated alkanes) is 1. The zero-order valence-corrected chi connectivity index (χ0v) is 16.5. The molecule has 2 N–H and O–H groups in total. The SMILES string of the molecule is CC.CNC1CSC(CCCCC(=O)ON2C(=O)CCC2=O)C1NC=O. The maximum Gasteiger partial charge on any atom is 0.333 e. The average molecular weight is 388 g/mol. The van der Waals surface area contributed by atoms with Crippen LogP contribution in [0.3, 0.4) is 0 Å². The fraction of sp³-hybridized carbons (Fsp3) is 0.765. The molecule has 3 unspecified atom stereocenters. The first-order chi connectivity index (χ1) is 12.6. The van der Waals surface area contributed by atoms with Crippen molar-refractivity contribution in [1.82, 2.24) is 15.7 Å². The number of thioether (sulfide) groups is 1. The van der Waals surface area contributed by atoms with Crippen molar-refractivity contribution in [2.45, 2.75) is 69.7 Å². The van der Waals surface area contributed by atoms with Gasteiger partial charge in [0.05, 0.1) is 6.04 Å². The molecule has 0 radical (unpaired) electrons. The molecule has 0 aromatic carbocycles. The Morgan fingerprint density at radius 1 is 1.27 bits per heavy atom. The van der Waals surface area contributed by atoms with Gasteiger partial charge in [-0.2, -0.15) is 11.8 Å². The smallest absolute Gasteiger partial charge is 0.333 e. The topological polar surface area (TPSA) is 105 Å². The Labute approximate surface area is 158 Å². The third-order valence-corrected chi connectivity index (χ3v) is 5.78. The number of amides is 3. The Bertz CT molecular complexity index is 487. The molecular weight excluding hydrogens is 358 g/mol. The largest absolute Gasteiger partial charge is 0.353 e. The van der Waals surface area contributed by atoms with Gasteiger partial charge in [0.25, 0.3) is 11.8 Å². The van der Waals surface area contributed by atoms with E-state index in [0.29, 0.717) is 16.7 Å². The number of nitrogens with one attached hydrogen (secondary N) is 2. The number of carbonyl (C=O) groups excluding carboxylic acids is 4. The molecule has 3 atom stereocenters. The van der Waals surface area contributed by atoms with Crippen molar-refractivity contribution in [3.8, 4) is 0 Å². The fourth-order valence-electron chi connectivity index (χ4n) is 2.94. The average Bonchev–Trinajstić information content (AvgIpc) is 3.18. The summed E-state index contributed by atoms with van der Waals surface area (Å²) >= 11 is 1.81. The lowest BCUT2D eigenvalue weighted by Crippen LogP contribution is -2.48. The van der Waals surface area contributed by atoms with Gasteiger partial charge in [-0.3, -0.25) is 14.4 Å². The van der Waals surface area contributed by atoms with E-state index in [-0.39, 0.29) is 31.3 Å².